The van der Waals surface area contributed by atoms with Gasteiger partial charge in [0.2, 0.25) is 0 Å². The molecule has 0 saturated carbocycles. The lowest BCUT2D eigenvalue weighted by molar-refractivity contribution is -0.572. The zero-order valence-electron chi connectivity index (χ0n) is 43.7. The largest absolute Gasteiger partial charge is 0.458 e. The van der Waals surface area contributed by atoms with Gasteiger partial charge in [-0.05, 0) is 152 Å². The smallest absolute Gasteiger partial charge is 0.269 e. The van der Waals surface area contributed by atoms with E-state index in [0.29, 0.717) is 35.5 Å². The van der Waals surface area contributed by atoms with Gasteiger partial charge in [0.1, 0.15) is 17.3 Å². The van der Waals surface area contributed by atoms with Crippen LogP contribution in [0.5, 0.6) is 11.5 Å². The van der Waals surface area contributed by atoms with Gasteiger partial charge in [-0.3, -0.25) is 13.7 Å². The second kappa shape index (κ2) is 19.2. The third kappa shape index (κ3) is 8.85. The quantitative estimate of drug-likeness (QED) is 0.0853. The molecule has 10 rings (SSSR count). The molecule has 358 valence electrons. The maximum Gasteiger partial charge on any atom is 0.269 e. The molecule has 0 aliphatic heterocycles. The molecular weight excluding hydrogens is 865 g/mol. The van der Waals surface area contributed by atoms with Crippen LogP contribution < -0.4 is 9.30 Å². The summed E-state index contributed by atoms with van der Waals surface area (Å²) in [6.45, 7) is 27.7. The van der Waals surface area contributed by atoms with Gasteiger partial charge in [0.15, 0.2) is 0 Å². The Bertz CT molecular complexity index is 3530. The minimum atomic E-state index is 0.304. The molecule has 5 heteroatoms. The van der Waals surface area contributed by atoms with Gasteiger partial charge in [-0.1, -0.05) is 168 Å². The number of ether oxygens (including phenoxy) is 1. The van der Waals surface area contributed by atoms with Crippen LogP contribution in [0, 0.1) is 6.33 Å². The normalized spacial score (nSPS) is 12.1. The number of fused-ring (bicyclic) bond motifs is 4. The van der Waals surface area contributed by atoms with Crippen molar-refractivity contribution >= 4 is 32.8 Å². The fraction of sp³-hybridized carbons (Fsp3) is 0.273. The highest BCUT2D eigenvalue weighted by Crippen LogP contribution is 2.44. The number of rotatable bonds is 13. The second-order valence-electron chi connectivity index (χ2n) is 21.4. The van der Waals surface area contributed by atoms with E-state index in [1.807, 2.05) is 6.20 Å². The topological polar surface area (TPSA) is 35.9 Å². The molecule has 0 radical (unpaired) electrons. The predicted molar refractivity (Wildman–Crippen MR) is 298 cm³/mol. The number of aromatic nitrogens is 4. The number of para-hydroxylation sites is 4. The Morgan fingerprint density at radius 3 is 1.61 bits per heavy atom. The SMILES string of the molecule is CC(C)c1cc(C(C)C)c(-c2cc(Oc3ccc4c5ccccc5n(-c5cc(-c6c(C(C)C)cc(C(C)C)cc6C(C)C)ccn5)c4c3)cc(-n3[c-][n+](-c4ccccc4)c4ccccc43)c2)c(C(C)C)c1. The molecule has 7 aromatic carbocycles. The molecule has 0 amide bonds. The summed E-state index contributed by atoms with van der Waals surface area (Å²) < 4.78 is 13.9. The van der Waals surface area contributed by atoms with Crippen LogP contribution in [0.1, 0.15) is 152 Å². The van der Waals surface area contributed by atoms with Crippen LogP contribution >= 0.6 is 0 Å². The summed E-state index contributed by atoms with van der Waals surface area (Å²) in [6, 6.07) is 55.2. The van der Waals surface area contributed by atoms with Crippen LogP contribution in [0.25, 0.3) is 72.3 Å². The first-order valence-electron chi connectivity index (χ1n) is 25.9. The molecule has 0 atom stereocenters. The number of hydrogen-bond donors (Lipinski definition) is 0. The van der Waals surface area contributed by atoms with E-state index in [1.54, 1.807) is 0 Å². The minimum Gasteiger partial charge on any atom is -0.458 e. The molecule has 10 aromatic rings. The maximum absolute atomic E-state index is 7.20. The van der Waals surface area contributed by atoms with Crippen molar-refractivity contribution in [3.05, 3.63) is 198 Å². The fourth-order valence-electron chi connectivity index (χ4n) is 10.6. The minimum absolute atomic E-state index is 0.304. The first kappa shape index (κ1) is 47.4. The van der Waals surface area contributed by atoms with Gasteiger partial charge >= 0.3 is 0 Å². The first-order chi connectivity index (χ1) is 34.2. The zero-order chi connectivity index (χ0) is 49.8. The second-order valence-corrected chi connectivity index (χ2v) is 21.4. The summed E-state index contributed by atoms with van der Waals surface area (Å²) in [5.74, 6) is 4.56. The van der Waals surface area contributed by atoms with Gasteiger partial charge < -0.3 is 4.74 Å². The van der Waals surface area contributed by atoms with Crippen molar-refractivity contribution in [3.8, 4) is 50.9 Å². The van der Waals surface area contributed by atoms with Crippen LogP contribution in [0.4, 0.5) is 0 Å². The van der Waals surface area contributed by atoms with Crippen LogP contribution in [-0.2, 0) is 0 Å². The fourth-order valence-corrected chi connectivity index (χ4v) is 10.6. The van der Waals surface area contributed by atoms with Crippen molar-refractivity contribution in [2.75, 3.05) is 0 Å². The monoisotopic (exact) mass is 933 g/mol. The van der Waals surface area contributed by atoms with Crippen LogP contribution in [0.15, 0.2) is 158 Å². The molecule has 0 saturated heterocycles. The molecule has 71 heavy (non-hydrogen) atoms. The molecule has 0 N–H and O–H groups in total. The number of nitrogens with zero attached hydrogens (tertiary/aromatic N) is 4. The average molecular weight is 933 g/mol. The zero-order valence-corrected chi connectivity index (χ0v) is 43.7. The van der Waals surface area contributed by atoms with E-state index in [0.717, 1.165) is 61.7 Å². The number of imidazole rings is 1. The summed E-state index contributed by atoms with van der Waals surface area (Å²) in [5, 5.41) is 2.32. The van der Waals surface area contributed by atoms with Gasteiger partial charge in [0, 0.05) is 23.0 Å². The van der Waals surface area contributed by atoms with Crippen molar-refractivity contribution in [2.24, 2.45) is 0 Å². The van der Waals surface area contributed by atoms with Crippen molar-refractivity contribution in [3.63, 3.8) is 0 Å². The predicted octanol–water partition coefficient (Wildman–Crippen LogP) is 18.1. The number of benzene rings is 7. The average Bonchev–Trinajstić information content (AvgIpc) is 3.92. The van der Waals surface area contributed by atoms with Gasteiger partial charge in [0.25, 0.3) is 6.33 Å². The van der Waals surface area contributed by atoms with E-state index in [1.165, 1.54) is 55.5 Å². The highest BCUT2D eigenvalue weighted by atomic mass is 16.5. The molecule has 0 unspecified atom stereocenters. The molecule has 5 nitrogen and oxygen atoms in total. The first-order valence-corrected chi connectivity index (χ1v) is 25.9. The van der Waals surface area contributed by atoms with E-state index < -0.39 is 0 Å². The highest BCUT2D eigenvalue weighted by Gasteiger charge is 2.24. The molecule has 3 heterocycles. The third-order valence-electron chi connectivity index (χ3n) is 14.4. The maximum atomic E-state index is 7.20. The van der Waals surface area contributed by atoms with Crippen molar-refractivity contribution < 1.29 is 9.30 Å². The summed E-state index contributed by atoms with van der Waals surface area (Å²) in [4.78, 5) is 5.13. The molecule has 3 aromatic heterocycles. The van der Waals surface area contributed by atoms with Crippen molar-refractivity contribution in [1.29, 1.82) is 0 Å². The van der Waals surface area contributed by atoms with Crippen LogP contribution in [0.3, 0.4) is 0 Å². The standard InChI is InChI=1S/C66H68N4O/c1-40(2)47-32-56(42(5)6)65(57(33-47)43(7)8)46-28-29-67-64(36-46)70-60-23-17-16-22-54(60)55-27-26-52(38-63(55)70)71-53-31-49(66-58(44(9)10)34-48(41(3)4)35-59(66)45(11)12)30-51(37-53)69-39-68(50-20-14-13-15-21-50)61-24-18-19-25-62(61)69/h13-38,40-45H,1-12H3. The van der Waals surface area contributed by atoms with E-state index in [-0.39, 0.29) is 0 Å². The lowest BCUT2D eigenvalue weighted by Gasteiger charge is -2.24. The number of hydrogen-bond acceptors (Lipinski definition) is 2. The molecular formula is C66H68N4O. The van der Waals surface area contributed by atoms with Crippen LogP contribution in [0.2, 0.25) is 0 Å². The van der Waals surface area contributed by atoms with Gasteiger partial charge in [-0.15, -0.1) is 0 Å². The number of pyridine rings is 1. The van der Waals surface area contributed by atoms with Crippen molar-refractivity contribution in [2.45, 2.75) is 119 Å². The van der Waals surface area contributed by atoms with E-state index in [4.69, 9.17) is 9.72 Å². The summed E-state index contributed by atoms with van der Waals surface area (Å²) in [5.41, 5.74) is 19.4. The summed E-state index contributed by atoms with van der Waals surface area (Å²) in [7, 11) is 0. The highest BCUT2D eigenvalue weighted by molar-refractivity contribution is 6.09. The Balaban J connectivity index is 1.17. The molecule has 0 aliphatic carbocycles. The van der Waals surface area contributed by atoms with E-state index >= 15 is 0 Å². The Morgan fingerprint density at radius 2 is 1.00 bits per heavy atom. The lowest BCUT2D eigenvalue weighted by atomic mass is 9.81. The van der Waals surface area contributed by atoms with E-state index in [2.05, 4.69) is 255 Å². The van der Waals surface area contributed by atoms with Gasteiger partial charge in [-0.25, -0.2) is 4.98 Å². The Kier molecular flexibility index (Phi) is 12.8. The lowest BCUT2D eigenvalue weighted by Crippen LogP contribution is -2.29. The molecule has 0 aliphatic rings. The van der Waals surface area contributed by atoms with Gasteiger partial charge in [-0.2, -0.15) is 0 Å². The molecule has 0 spiro atoms. The molecule has 0 fully saturated rings. The van der Waals surface area contributed by atoms with E-state index in [9.17, 15) is 0 Å². The Labute approximate surface area is 421 Å². The Hall–Kier alpha value is -7.24. The summed E-state index contributed by atoms with van der Waals surface area (Å²) in [6.07, 6.45) is 5.75. The third-order valence-corrected chi connectivity index (χ3v) is 14.4. The van der Waals surface area contributed by atoms with Crippen LogP contribution in [-0.4, -0.2) is 14.1 Å². The molecule has 0 bridgehead atoms. The summed E-state index contributed by atoms with van der Waals surface area (Å²) >= 11 is 0. The Morgan fingerprint density at radius 1 is 0.451 bits per heavy atom. The van der Waals surface area contributed by atoms with Crippen molar-refractivity contribution in [1.82, 2.24) is 14.1 Å². The van der Waals surface area contributed by atoms with Gasteiger partial charge in [0.05, 0.1) is 33.4 Å².